The Balaban J connectivity index is 1.20. The smallest absolute Gasteiger partial charge is 0.201 e. The van der Waals surface area contributed by atoms with Crippen LogP contribution in [0.3, 0.4) is 0 Å². The molecule has 1 aliphatic carbocycles. The lowest BCUT2D eigenvalue weighted by Crippen LogP contribution is -2.64. The van der Waals surface area contributed by atoms with Crippen LogP contribution in [0.5, 0.6) is 0 Å². The molecule has 1 saturated heterocycles. The predicted octanol–water partition coefficient (Wildman–Crippen LogP) is 1.26. The van der Waals surface area contributed by atoms with Crippen molar-refractivity contribution in [1.82, 2.24) is 19.9 Å². The molecule has 0 radical (unpaired) electrons. The number of hydrogen-bond donors (Lipinski definition) is 2. The summed E-state index contributed by atoms with van der Waals surface area (Å²) in [5.41, 5.74) is 7.63. The number of fused-ring (bicyclic) bond motifs is 2. The minimum Gasteiger partial charge on any atom is -0.440 e. The Morgan fingerprint density at radius 1 is 1.23 bits per heavy atom. The maximum atomic E-state index is 12.5. The maximum absolute atomic E-state index is 12.5. The fourth-order valence-corrected chi connectivity index (χ4v) is 6.45. The van der Waals surface area contributed by atoms with E-state index in [-0.39, 0.29) is 17.9 Å². The zero-order chi connectivity index (χ0) is 20.5. The normalized spacial score (nSPS) is 28.7. The van der Waals surface area contributed by atoms with E-state index in [4.69, 9.17) is 10.2 Å². The van der Waals surface area contributed by atoms with Crippen molar-refractivity contribution in [3.63, 3.8) is 0 Å². The number of para-hydroxylation sites is 2. The summed E-state index contributed by atoms with van der Waals surface area (Å²) in [4.78, 5) is 16.0. The molecular weight excluding hydrogens is 402 g/mol. The van der Waals surface area contributed by atoms with Crippen molar-refractivity contribution < 1.29 is 13.7 Å². The summed E-state index contributed by atoms with van der Waals surface area (Å²) in [6.07, 6.45) is 3.85. The topological polar surface area (TPSA) is 118 Å². The molecule has 3 aliphatic rings. The Hall–Kier alpha value is -2.20. The Morgan fingerprint density at radius 3 is 2.83 bits per heavy atom. The van der Waals surface area contributed by atoms with Gasteiger partial charge in [0.25, 0.3) is 0 Å². The van der Waals surface area contributed by atoms with Gasteiger partial charge in [0.05, 0.1) is 27.3 Å². The molecule has 30 heavy (non-hydrogen) atoms. The third kappa shape index (κ3) is 2.69. The molecule has 4 heterocycles. The lowest BCUT2D eigenvalue weighted by Gasteiger charge is -2.54. The van der Waals surface area contributed by atoms with E-state index < -0.39 is 16.5 Å². The van der Waals surface area contributed by atoms with Gasteiger partial charge in [-0.25, -0.2) is 15.0 Å². The van der Waals surface area contributed by atoms with Crippen molar-refractivity contribution in [3.05, 3.63) is 47.9 Å². The molecule has 0 amide bonds. The van der Waals surface area contributed by atoms with Crippen molar-refractivity contribution >= 4 is 21.9 Å². The van der Waals surface area contributed by atoms with Crippen molar-refractivity contribution in [1.29, 1.82) is 0 Å². The van der Waals surface area contributed by atoms with Gasteiger partial charge < -0.3 is 9.52 Å². The summed E-state index contributed by atoms with van der Waals surface area (Å²) in [7, 11) is -1.20. The molecule has 0 bridgehead atoms. The quantitative estimate of drug-likeness (QED) is 0.600. The molecule has 1 aromatic carbocycles. The highest BCUT2D eigenvalue weighted by Crippen LogP contribution is 2.46. The van der Waals surface area contributed by atoms with Gasteiger partial charge in [0.1, 0.15) is 17.5 Å². The molecule has 8 nitrogen and oxygen atoms in total. The number of oxazole rings is 1. The van der Waals surface area contributed by atoms with Gasteiger partial charge >= 0.3 is 0 Å². The number of rotatable bonds is 4. The lowest BCUT2D eigenvalue weighted by atomic mass is 9.69. The highest BCUT2D eigenvalue weighted by atomic mass is 32.2. The fourth-order valence-electron chi connectivity index (χ4n) is 5.02. The summed E-state index contributed by atoms with van der Waals surface area (Å²) in [5.74, 6) is 1.39. The van der Waals surface area contributed by atoms with Crippen LogP contribution in [0.4, 0.5) is 0 Å². The van der Waals surface area contributed by atoms with Crippen LogP contribution in [-0.2, 0) is 22.9 Å². The van der Waals surface area contributed by atoms with E-state index >= 15 is 0 Å². The van der Waals surface area contributed by atoms with E-state index in [1.165, 1.54) is 6.33 Å². The zero-order valence-corrected chi connectivity index (χ0v) is 17.2. The second-order valence-corrected chi connectivity index (χ2v) is 10.1. The number of benzene rings is 1. The van der Waals surface area contributed by atoms with Crippen LogP contribution in [0.1, 0.15) is 36.0 Å². The van der Waals surface area contributed by atoms with E-state index in [0.29, 0.717) is 22.8 Å². The molecular formula is C21H23N5O3S. The van der Waals surface area contributed by atoms with Gasteiger partial charge in [-0.3, -0.25) is 14.8 Å². The molecule has 9 heteroatoms. The van der Waals surface area contributed by atoms with Crippen LogP contribution >= 0.6 is 0 Å². The number of aryl methyl sites for hydroxylation is 1. The maximum Gasteiger partial charge on any atom is 0.201 e. The highest BCUT2D eigenvalue weighted by Gasteiger charge is 2.52. The average Bonchev–Trinajstić information content (AvgIpc) is 3.26. The fraction of sp³-hybridized carbons (Fsp3) is 0.476. The molecule has 156 valence electrons. The molecule has 2 aliphatic heterocycles. The van der Waals surface area contributed by atoms with Crippen LogP contribution in [0, 0.1) is 5.92 Å². The first kappa shape index (κ1) is 18.6. The SMILES string of the molecule is N[C@](O)(c1ncnc2c1S(=O)CC2)C1CCC1N1CC(c2nc3ccccc3o2)C1. The molecule has 2 aromatic heterocycles. The number of nitrogens with zero attached hydrogens (tertiary/aromatic N) is 4. The minimum absolute atomic E-state index is 0.154. The van der Waals surface area contributed by atoms with Gasteiger partial charge in [-0.2, -0.15) is 0 Å². The second-order valence-electron chi connectivity index (χ2n) is 8.54. The van der Waals surface area contributed by atoms with Gasteiger partial charge in [-0.15, -0.1) is 0 Å². The molecule has 1 saturated carbocycles. The predicted molar refractivity (Wildman–Crippen MR) is 110 cm³/mol. The van der Waals surface area contributed by atoms with Crippen molar-refractivity contribution in [3.8, 4) is 0 Å². The summed E-state index contributed by atoms with van der Waals surface area (Å²) in [6, 6.07) is 7.96. The molecule has 3 aromatic rings. The minimum atomic E-state index is -1.61. The molecule has 0 spiro atoms. The van der Waals surface area contributed by atoms with Gasteiger partial charge in [0.15, 0.2) is 11.3 Å². The first-order chi connectivity index (χ1) is 14.5. The van der Waals surface area contributed by atoms with E-state index in [1.54, 1.807) is 0 Å². The van der Waals surface area contributed by atoms with Crippen LogP contribution in [0.25, 0.3) is 11.1 Å². The van der Waals surface area contributed by atoms with Crippen LogP contribution in [0.15, 0.2) is 39.9 Å². The Morgan fingerprint density at radius 2 is 2.07 bits per heavy atom. The van der Waals surface area contributed by atoms with E-state index in [0.717, 1.165) is 48.6 Å². The van der Waals surface area contributed by atoms with Crippen molar-refractivity contribution in [2.75, 3.05) is 18.8 Å². The molecule has 3 unspecified atom stereocenters. The molecule has 6 rings (SSSR count). The molecule has 2 fully saturated rings. The first-order valence-electron chi connectivity index (χ1n) is 10.4. The Kier molecular flexibility index (Phi) is 4.11. The molecule has 4 atom stereocenters. The lowest BCUT2D eigenvalue weighted by molar-refractivity contribution is -0.121. The number of hydrogen-bond acceptors (Lipinski definition) is 8. The molecule has 3 N–H and O–H groups in total. The second kappa shape index (κ2) is 6.65. The number of aliphatic hydroxyl groups is 1. The van der Waals surface area contributed by atoms with Crippen molar-refractivity contribution in [2.24, 2.45) is 11.7 Å². The van der Waals surface area contributed by atoms with E-state index in [9.17, 15) is 9.32 Å². The summed E-state index contributed by atoms with van der Waals surface area (Å²) >= 11 is 0. The Labute approximate surface area is 176 Å². The number of likely N-dealkylation sites (tertiary alicyclic amines) is 1. The summed E-state index contributed by atoms with van der Waals surface area (Å²) < 4.78 is 18.4. The Bertz CT molecular complexity index is 1120. The van der Waals surface area contributed by atoms with Crippen LogP contribution < -0.4 is 5.73 Å². The van der Waals surface area contributed by atoms with Gasteiger partial charge in [0, 0.05) is 37.2 Å². The monoisotopic (exact) mass is 425 g/mol. The van der Waals surface area contributed by atoms with Crippen LogP contribution in [0.2, 0.25) is 0 Å². The number of aromatic nitrogens is 3. The van der Waals surface area contributed by atoms with Gasteiger partial charge in [0.2, 0.25) is 5.89 Å². The zero-order valence-electron chi connectivity index (χ0n) is 16.4. The largest absolute Gasteiger partial charge is 0.440 e. The van der Waals surface area contributed by atoms with E-state index in [2.05, 4.69) is 19.9 Å². The highest BCUT2D eigenvalue weighted by molar-refractivity contribution is 7.85. The van der Waals surface area contributed by atoms with Gasteiger partial charge in [-0.1, -0.05) is 12.1 Å². The summed E-state index contributed by atoms with van der Waals surface area (Å²) in [5, 5.41) is 11.3. The first-order valence-corrected chi connectivity index (χ1v) is 11.7. The standard InChI is InChI=1S/C21H23N5O3S/c22-21(27,19-18-15(23-11-24-19)7-8-30(18)28)13-5-6-16(13)26-9-12(10-26)20-25-14-3-1-2-4-17(14)29-20/h1-4,11-13,16,27H,5-10,22H2/t13?,16?,21-,30?/m1/s1. The van der Waals surface area contributed by atoms with Gasteiger partial charge in [-0.05, 0) is 25.0 Å². The third-order valence-corrected chi connectivity index (χ3v) is 8.31. The van der Waals surface area contributed by atoms with Crippen molar-refractivity contribution in [2.45, 2.75) is 41.8 Å². The van der Waals surface area contributed by atoms with E-state index in [1.807, 2.05) is 24.3 Å². The number of nitrogens with two attached hydrogens (primary N) is 1. The third-order valence-electron chi connectivity index (χ3n) is 6.85. The summed E-state index contributed by atoms with van der Waals surface area (Å²) in [6.45, 7) is 1.66. The average molecular weight is 426 g/mol. The van der Waals surface area contributed by atoms with Crippen LogP contribution in [-0.4, -0.2) is 54.1 Å².